The first-order valence-electron chi connectivity index (χ1n) is 7.10. The molecule has 3 rings (SSSR count). The summed E-state index contributed by atoms with van der Waals surface area (Å²) in [6.07, 6.45) is -17.4. The molecular weight excluding hydrogens is 352 g/mol. The van der Waals surface area contributed by atoms with Crippen LogP contribution in [0.1, 0.15) is 41.9 Å². The van der Waals surface area contributed by atoms with Crippen LogP contribution >= 0.6 is 0 Å². The third kappa shape index (κ3) is 2.56. The maximum atomic E-state index is 13.6. The molecule has 3 nitrogen and oxygen atoms in total. The Kier molecular flexibility index (Phi) is 3.85. The highest BCUT2D eigenvalue weighted by atomic mass is 19.4. The van der Waals surface area contributed by atoms with Gasteiger partial charge in [-0.1, -0.05) is 0 Å². The van der Waals surface area contributed by atoms with Crippen molar-refractivity contribution in [1.29, 1.82) is 0 Å². The van der Waals surface area contributed by atoms with Gasteiger partial charge < -0.3 is 5.11 Å². The van der Waals surface area contributed by atoms with Gasteiger partial charge in [0, 0.05) is 18.4 Å². The summed E-state index contributed by atoms with van der Waals surface area (Å²) in [7, 11) is 0. The van der Waals surface area contributed by atoms with Crippen molar-refractivity contribution in [2.75, 3.05) is 0 Å². The van der Waals surface area contributed by atoms with Gasteiger partial charge in [0.1, 0.15) is 18.4 Å². The fourth-order valence-electron chi connectivity index (χ4n) is 3.29. The highest BCUT2D eigenvalue weighted by molar-refractivity contribution is 5.38. The van der Waals surface area contributed by atoms with Gasteiger partial charge in [0.15, 0.2) is 11.9 Å². The van der Waals surface area contributed by atoms with Crippen molar-refractivity contribution in [3.63, 3.8) is 0 Å². The van der Waals surface area contributed by atoms with Gasteiger partial charge in [-0.25, -0.2) is 22.0 Å². The quantitative estimate of drug-likeness (QED) is 0.775. The van der Waals surface area contributed by atoms with E-state index in [2.05, 4.69) is 5.10 Å². The van der Waals surface area contributed by atoms with Gasteiger partial charge in [-0.2, -0.15) is 18.3 Å². The van der Waals surface area contributed by atoms with Crippen molar-refractivity contribution in [3.05, 3.63) is 17.0 Å². The number of hydrogen-bond donors (Lipinski definition) is 1. The number of aliphatic hydroxyl groups is 1. The predicted molar refractivity (Wildman–Crippen MR) is 63.8 cm³/mol. The Morgan fingerprint density at radius 2 is 1.62 bits per heavy atom. The second-order valence-corrected chi connectivity index (χ2v) is 6.09. The Morgan fingerprint density at radius 3 is 2.12 bits per heavy atom. The van der Waals surface area contributed by atoms with E-state index in [9.17, 15) is 40.2 Å². The molecule has 2 unspecified atom stereocenters. The maximum absolute atomic E-state index is 13.6. The largest absolute Gasteiger partial charge is 0.435 e. The fourth-order valence-corrected chi connectivity index (χ4v) is 3.29. The molecule has 0 amide bonds. The molecule has 0 aliphatic heterocycles. The molecule has 0 bridgehead atoms. The van der Waals surface area contributed by atoms with Crippen molar-refractivity contribution < 1.29 is 40.2 Å². The molecule has 1 aromatic rings. The highest BCUT2D eigenvalue weighted by Crippen LogP contribution is 2.49. The molecule has 1 saturated carbocycles. The van der Waals surface area contributed by atoms with Gasteiger partial charge in [-0.3, -0.25) is 4.68 Å². The average Bonchev–Trinajstić information content (AvgIpc) is 2.91. The first kappa shape index (κ1) is 17.4. The molecular formula is C13H12F8N2O. The Bertz CT molecular complexity index is 631. The van der Waals surface area contributed by atoms with Gasteiger partial charge >= 0.3 is 6.18 Å². The monoisotopic (exact) mass is 364 g/mol. The smallest absolute Gasteiger partial charge is 0.382 e. The lowest BCUT2D eigenvalue weighted by Crippen LogP contribution is -2.38. The summed E-state index contributed by atoms with van der Waals surface area (Å²) in [5.74, 6) is -3.85. The number of aromatic nitrogens is 2. The van der Waals surface area contributed by atoms with E-state index in [4.69, 9.17) is 0 Å². The van der Waals surface area contributed by atoms with Crippen LogP contribution in [0.25, 0.3) is 0 Å². The highest BCUT2D eigenvalue weighted by Gasteiger charge is 2.55. The van der Waals surface area contributed by atoms with Gasteiger partial charge in [0.25, 0.3) is 5.92 Å². The molecule has 136 valence electrons. The zero-order valence-corrected chi connectivity index (χ0v) is 11.9. The fraction of sp³-hybridized carbons (Fsp3) is 0.769. The van der Waals surface area contributed by atoms with Crippen molar-refractivity contribution in [3.8, 4) is 0 Å². The first-order valence-corrected chi connectivity index (χ1v) is 7.10. The molecule has 5 atom stereocenters. The van der Waals surface area contributed by atoms with Crippen LogP contribution in [0.2, 0.25) is 0 Å². The Balaban J connectivity index is 2.07. The second-order valence-electron chi connectivity index (χ2n) is 6.09. The van der Waals surface area contributed by atoms with E-state index in [1.54, 1.807) is 0 Å². The predicted octanol–water partition coefficient (Wildman–Crippen LogP) is 3.48. The van der Waals surface area contributed by atoms with Crippen molar-refractivity contribution >= 4 is 0 Å². The zero-order chi connectivity index (χ0) is 18.0. The number of rotatable bonds is 1. The summed E-state index contributed by atoms with van der Waals surface area (Å²) in [6, 6.07) is -1.34. The molecule has 11 heteroatoms. The topological polar surface area (TPSA) is 38.1 Å². The molecule has 0 aromatic carbocycles. The molecule has 1 aromatic heterocycles. The third-order valence-corrected chi connectivity index (χ3v) is 4.43. The van der Waals surface area contributed by atoms with Gasteiger partial charge in [-0.15, -0.1) is 0 Å². The minimum atomic E-state index is -5.13. The van der Waals surface area contributed by atoms with Crippen LogP contribution in [0.4, 0.5) is 35.1 Å². The van der Waals surface area contributed by atoms with E-state index in [0.29, 0.717) is 4.68 Å². The molecule has 1 fully saturated rings. The molecule has 0 spiro atoms. The SMILES string of the molecule is O[C@H]1c2c(C(F)(F)F)nn(C3C[C@@H](F)C(F)[C@@H](F)C3)c2CC1(F)F. The molecule has 0 radical (unpaired) electrons. The lowest BCUT2D eigenvalue weighted by molar-refractivity contribution is -0.146. The Hall–Kier alpha value is -1.39. The third-order valence-electron chi connectivity index (χ3n) is 4.43. The van der Waals surface area contributed by atoms with Crippen LogP contribution < -0.4 is 0 Å². The summed E-state index contributed by atoms with van der Waals surface area (Å²) in [5.41, 5.74) is -3.42. The van der Waals surface area contributed by atoms with Crippen molar-refractivity contribution in [1.82, 2.24) is 9.78 Å². The lowest BCUT2D eigenvalue weighted by atomic mass is 9.90. The van der Waals surface area contributed by atoms with Crippen LogP contribution in [-0.2, 0) is 12.6 Å². The summed E-state index contributed by atoms with van der Waals surface area (Å²) in [4.78, 5) is 0. The van der Waals surface area contributed by atoms with Crippen molar-refractivity contribution in [2.45, 2.75) is 62.0 Å². The van der Waals surface area contributed by atoms with E-state index in [1.807, 2.05) is 0 Å². The summed E-state index contributed by atoms with van der Waals surface area (Å²) >= 11 is 0. The van der Waals surface area contributed by atoms with Crippen molar-refractivity contribution in [2.24, 2.45) is 0 Å². The number of fused-ring (bicyclic) bond motifs is 1. The van der Waals surface area contributed by atoms with Gasteiger partial charge in [0.2, 0.25) is 0 Å². The minimum absolute atomic E-state index is 0.479. The summed E-state index contributed by atoms with van der Waals surface area (Å²) < 4.78 is 107. The first-order chi connectivity index (χ1) is 10.9. The van der Waals surface area contributed by atoms with Crippen LogP contribution in [0, 0.1) is 0 Å². The van der Waals surface area contributed by atoms with Gasteiger partial charge in [-0.05, 0) is 0 Å². The number of aliphatic hydroxyl groups excluding tert-OH is 1. The van der Waals surface area contributed by atoms with E-state index in [0.717, 1.165) is 0 Å². The van der Waals surface area contributed by atoms with Gasteiger partial charge in [0.05, 0.1) is 18.2 Å². The van der Waals surface area contributed by atoms with E-state index < -0.39 is 79.0 Å². The number of halogens is 8. The van der Waals surface area contributed by atoms with Crippen LogP contribution in [-0.4, -0.2) is 39.3 Å². The minimum Gasteiger partial charge on any atom is -0.382 e. The number of alkyl halides is 8. The van der Waals surface area contributed by atoms with Crippen LogP contribution in [0.15, 0.2) is 0 Å². The molecule has 1 heterocycles. The summed E-state index contributed by atoms with van der Waals surface area (Å²) in [5, 5.41) is 12.7. The summed E-state index contributed by atoms with van der Waals surface area (Å²) in [6.45, 7) is 0. The maximum Gasteiger partial charge on any atom is 0.435 e. The van der Waals surface area contributed by atoms with Crippen LogP contribution in [0.3, 0.4) is 0 Å². The Morgan fingerprint density at radius 1 is 1.08 bits per heavy atom. The average molecular weight is 364 g/mol. The molecule has 2 aliphatic rings. The van der Waals surface area contributed by atoms with E-state index in [-0.39, 0.29) is 0 Å². The Labute approximate surface area is 130 Å². The van der Waals surface area contributed by atoms with Crippen LogP contribution in [0.5, 0.6) is 0 Å². The molecule has 0 saturated heterocycles. The van der Waals surface area contributed by atoms with E-state index >= 15 is 0 Å². The molecule has 1 N–H and O–H groups in total. The molecule has 24 heavy (non-hydrogen) atoms. The normalized spacial score (nSPS) is 36.0. The number of hydrogen-bond acceptors (Lipinski definition) is 2. The van der Waals surface area contributed by atoms with E-state index in [1.165, 1.54) is 0 Å². The molecule has 2 aliphatic carbocycles. The lowest BCUT2D eigenvalue weighted by Gasteiger charge is -2.31. The standard InChI is InChI=1S/C13H12F8N2O/c14-5-1-4(2-6(15)9(5)16)23-7-3-12(17,18)11(24)8(7)10(22-23)13(19,20)21/h4-6,9,11,24H,1-3H2/t4?,5-,6+,9?,11-/m0/s1. The zero-order valence-electron chi connectivity index (χ0n) is 11.9. The number of nitrogens with zero attached hydrogens (tertiary/aromatic N) is 2. The second kappa shape index (κ2) is 5.30.